The minimum absolute atomic E-state index is 0.0605. The van der Waals surface area contributed by atoms with E-state index in [1.807, 2.05) is 6.92 Å². The standard InChI is InChI=1S/C19H29NOS/c1-7-15(9-10-22-13-20)16-11-14(3)12-17(19(4,5)6)18(16)21-8-2/h11-12,15H,7-10H2,1-6H3. The number of benzene rings is 1. The van der Waals surface area contributed by atoms with Crippen LogP contribution in [-0.4, -0.2) is 12.4 Å². The maximum absolute atomic E-state index is 8.74. The van der Waals surface area contributed by atoms with Crippen molar-refractivity contribution in [3.05, 3.63) is 28.8 Å². The average Bonchev–Trinajstić information content (AvgIpc) is 2.44. The smallest absolute Gasteiger partial charge is 0.133 e. The Morgan fingerprint density at radius 2 is 1.95 bits per heavy atom. The van der Waals surface area contributed by atoms with Crippen molar-refractivity contribution < 1.29 is 4.74 Å². The number of rotatable bonds is 7. The molecule has 0 aromatic heterocycles. The molecule has 1 aromatic carbocycles. The van der Waals surface area contributed by atoms with E-state index in [9.17, 15) is 0 Å². The quantitative estimate of drug-likeness (QED) is 0.471. The Hall–Kier alpha value is -1.14. The Labute approximate surface area is 140 Å². The van der Waals surface area contributed by atoms with Crippen LogP contribution in [0.1, 0.15) is 70.1 Å². The fourth-order valence-electron chi connectivity index (χ4n) is 2.79. The average molecular weight is 320 g/mol. The molecular formula is C19H29NOS. The summed E-state index contributed by atoms with van der Waals surface area (Å²) < 4.78 is 6.07. The van der Waals surface area contributed by atoms with Gasteiger partial charge in [-0.3, -0.25) is 0 Å². The zero-order valence-corrected chi connectivity index (χ0v) is 15.6. The van der Waals surface area contributed by atoms with Crippen LogP contribution in [0.15, 0.2) is 12.1 Å². The van der Waals surface area contributed by atoms with E-state index >= 15 is 0 Å². The summed E-state index contributed by atoms with van der Waals surface area (Å²) in [6.07, 6.45) is 2.08. The van der Waals surface area contributed by atoms with Gasteiger partial charge in [0.25, 0.3) is 0 Å². The monoisotopic (exact) mass is 319 g/mol. The van der Waals surface area contributed by atoms with Crippen molar-refractivity contribution in [1.82, 2.24) is 0 Å². The van der Waals surface area contributed by atoms with E-state index in [2.05, 4.69) is 52.2 Å². The van der Waals surface area contributed by atoms with E-state index in [1.165, 1.54) is 28.5 Å². The summed E-state index contributed by atoms with van der Waals surface area (Å²) in [6, 6.07) is 4.52. The van der Waals surface area contributed by atoms with Gasteiger partial charge in [-0.2, -0.15) is 5.26 Å². The first-order valence-electron chi connectivity index (χ1n) is 8.13. The molecule has 0 aliphatic carbocycles. The van der Waals surface area contributed by atoms with Crippen LogP contribution in [0.3, 0.4) is 0 Å². The van der Waals surface area contributed by atoms with Gasteiger partial charge in [0.1, 0.15) is 11.2 Å². The molecule has 1 unspecified atom stereocenters. The molecule has 1 atom stereocenters. The first kappa shape index (κ1) is 18.9. The summed E-state index contributed by atoms with van der Waals surface area (Å²) in [5.74, 6) is 2.39. The molecule has 0 heterocycles. The Balaban J connectivity index is 3.31. The van der Waals surface area contributed by atoms with Crippen molar-refractivity contribution in [2.45, 2.75) is 65.7 Å². The number of aryl methyl sites for hydroxylation is 1. The number of nitriles is 1. The predicted molar refractivity (Wildman–Crippen MR) is 96.8 cm³/mol. The topological polar surface area (TPSA) is 33.0 Å². The summed E-state index contributed by atoms with van der Waals surface area (Å²) in [5.41, 5.74) is 3.95. The normalized spacial score (nSPS) is 12.8. The minimum atomic E-state index is 0.0605. The molecule has 3 heteroatoms. The van der Waals surface area contributed by atoms with Crippen molar-refractivity contribution >= 4 is 11.8 Å². The maximum Gasteiger partial charge on any atom is 0.133 e. The Kier molecular flexibility index (Phi) is 7.29. The van der Waals surface area contributed by atoms with Crippen LogP contribution in [0.5, 0.6) is 5.75 Å². The van der Waals surface area contributed by atoms with Gasteiger partial charge in [0, 0.05) is 11.3 Å². The molecule has 2 nitrogen and oxygen atoms in total. The molecule has 0 N–H and O–H groups in total. The molecular weight excluding hydrogens is 290 g/mol. The fourth-order valence-corrected chi connectivity index (χ4v) is 3.29. The lowest BCUT2D eigenvalue weighted by molar-refractivity contribution is 0.322. The fraction of sp³-hybridized carbons (Fsp3) is 0.632. The van der Waals surface area contributed by atoms with Crippen LogP contribution in [-0.2, 0) is 5.41 Å². The van der Waals surface area contributed by atoms with Crippen LogP contribution >= 0.6 is 11.8 Å². The molecule has 1 aromatic rings. The third-order valence-corrected chi connectivity index (χ3v) is 4.49. The van der Waals surface area contributed by atoms with Crippen molar-refractivity contribution in [2.24, 2.45) is 0 Å². The summed E-state index contributed by atoms with van der Waals surface area (Å²) in [4.78, 5) is 0. The highest BCUT2D eigenvalue weighted by Gasteiger charge is 2.25. The van der Waals surface area contributed by atoms with Gasteiger partial charge < -0.3 is 4.74 Å². The highest BCUT2D eigenvalue weighted by Crippen LogP contribution is 2.40. The van der Waals surface area contributed by atoms with Gasteiger partial charge in [0.15, 0.2) is 0 Å². The molecule has 0 amide bonds. The molecule has 0 saturated heterocycles. The second-order valence-electron chi connectivity index (χ2n) is 6.75. The van der Waals surface area contributed by atoms with Crippen molar-refractivity contribution in [2.75, 3.05) is 12.4 Å². The molecule has 0 radical (unpaired) electrons. The van der Waals surface area contributed by atoms with Crippen LogP contribution in [0.2, 0.25) is 0 Å². The van der Waals surface area contributed by atoms with Crippen LogP contribution < -0.4 is 4.74 Å². The molecule has 0 fully saturated rings. The summed E-state index contributed by atoms with van der Waals surface area (Å²) in [5, 5.41) is 10.9. The Morgan fingerprint density at radius 1 is 1.27 bits per heavy atom. The van der Waals surface area contributed by atoms with Gasteiger partial charge in [-0.15, -0.1) is 0 Å². The van der Waals surface area contributed by atoms with Crippen molar-refractivity contribution in [3.8, 4) is 11.2 Å². The second kappa shape index (κ2) is 8.48. The van der Waals surface area contributed by atoms with E-state index < -0.39 is 0 Å². The highest BCUT2D eigenvalue weighted by atomic mass is 32.2. The van der Waals surface area contributed by atoms with E-state index in [1.54, 1.807) is 0 Å². The van der Waals surface area contributed by atoms with Gasteiger partial charge in [-0.05, 0) is 55.3 Å². The molecule has 22 heavy (non-hydrogen) atoms. The predicted octanol–water partition coefficient (Wildman–Crippen LogP) is 5.79. The summed E-state index contributed by atoms with van der Waals surface area (Å²) in [7, 11) is 0. The van der Waals surface area contributed by atoms with E-state index in [-0.39, 0.29) is 5.41 Å². The van der Waals surface area contributed by atoms with Gasteiger partial charge in [-0.1, -0.05) is 45.4 Å². The molecule has 0 aliphatic rings. The third kappa shape index (κ3) is 4.95. The van der Waals surface area contributed by atoms with Gasteiger partial charge in [0.05, 0.1) is 6.61 Å². The van der Waals surface area contributed by atoms with E-state index in [0.29, 0.717) is 12.5 Å². The van der Waals surface area contributed by atoms with Crippen LogP contribution in [0.25, 0.3) is 0 Å². The summed E-state index contributed by atoms with van der Waals surface area (Å²) in [6.45, 7) is 13.8. The Morgan fingerprint density at radius 3 is 2.45 bits per heavy atom. The van der Waals surface area contributed by atoms with Gasteiger partial charge in [0.2, 0.25) is 0 Å². The summed E-state index contributed by atoms with van der Waals surface area (Å²) >= 11 is 1.34. The number of hydrogen-bond acceptors (Lipinski definition) is 3. The lowest BCUT2D eigenvalue weighted by Crippen LogP contribution is -2.16. The van der Waals surface area contributed by atoms with E-state index in [4.69, 9.17) is 10.00 Å². The number of nitrogens with zero attached hydrogens (tertiary/aromatic N) is 1. The number of thiocyanates is 1. The number of ether oxygens (including phenoxy) is 1. The maximum atomic E-state index is 8.74. The highest BCUT2D eigenvalue weighted by molar-refractivity contribution is 8.03. The number of thioether (sulfide) groups is 1. The molecule has 0 spiro atoms. The number of hydrogen-bond donors (Lipinski definition) is 0. The lowest BCUT2D eigenvalue weighted by atomic mass is 9.81. The molecule has 1 rings (SSSR count). The van der Waals surface area contributed by atoms with Crippen LogP contribution in [0.4, 0.5) is 0 Å². The van der Waals surface area contributed by atoms with E-state index in [0.717, 1.165) is 24.3 Å². The molecule has 0 aliphatic heterocycles. The Bertz CT molecular complexity index is 525. The third-order valence-electron chi connectivity index (χ3n) is 3.92. The molecule has 122 valence electrons. The minimum Gasteiger partial charge on any atom is -0.493 e. The molecule has 0 bridgehead atoms. The van der Waals surface area contributed by atoms with Gasteiger partial charge in [-0.25, -0.2) is 0 Å². The molecule has 0 saturated carbocycles. The SMILES string of the molecule is CCOc1c(C(CC)CCSC#N)cc(C)cc1C(C)(C)C. The second-order valence-corrected chi connectivity index (χ2v) is 7.63. The largest absolute Gasteiger partial charge is 0.493 e. The van der Waals surface area contributed by atoms with Crippen molar-refractivity contribution in [3.63, 3.8) is 0 Å². The zero-order valence-electron chi connectivity index (χ0n) is 14.8. The van der Waals surface area contributed by atoms with Crippen molar-refractivity contribution in [1.29, 1.82) is 5.26 Å². The first-order valence-corrected chi connectivity index (χ1v) is 9.12. The lowest BCUT2D eigenvalue weighted by Gasteiger charge is -2.28. The van der Waals surface area contributed by atoms with Gasteiger partial charge >= 0.3 is 0 Å². The first-order chi connectivity index (χ1) is 10.3. The zero-order chi connectivity index (χ0) is 16.8. The van der Waals surface area contributed by atoms with Crippen LogP contribution in [0, 0.1) is 17.6 Å².